The summed E-state index contributed by atoms with van der Waals surface area (Å²) in [5.74, 6) is 1.94. The largest absolute Gasteiger partial charge is 0.496 e. The minimum Gasteiger partial charge on any atom is -0.496 e. The first kappa shape index (κ1) is 21.2. The number of aryl methyl sites for hydroxylation is 1. The first-order valence-electron chi connectivity index (χ1n) is 9.36. The van der Waals surface area contributed by atoms with Gasteiger partial charge in [-0.3, -0.25) is 4.79 Å². The molecular weight excluding hydrogens is 359 g/mol. The molecule has 1 unspecified atom stereocenters. The molecule has 2 aromatic carbocycles. The highest BCUT2D eigenvalue weighted by Crippen LogP contribution is 2.34. The zero-order valence-corrected chi connectivity index (χ0v) is 17.6. The lowest BCUT2D eigenvalue weighted by molar-refractivity contribution is 0.108. The van der Waals surface area contributed by atoms with E-state index in [0.717, 1.165) is 29.6 Å². The molecule has 0 aliphatic carbocycles. The van der Waals surface area contributed by atoms with Gasteiger partial charge in [0, 0.05) is 0 Å². The minimum absolute atomic E-state index is 0.000587. The molecule has 5 heteroatoms. The van der Waals surface area contributed by atoms with Crippen LogP contribution >= 0.6 is 8.58 Å². The van der Waals surface area contributed by atoms with E-state index < -0.39 is 0 Å². The third-order valence-corrected chi connectivity index (χ3v) is 5.67. The Bertz CT molecular complexity index is 736. The number of carbonyl (C=O) groups is 1. The van der Waals surface area contributed by atoms with Crippen molar-refractivity contribution in [3.63, 3.8) is 0 Å². The number of benzene rings is 2. The molecule has 0 fully saturated rings. The zero-order chi connectivity index (χ0) is 19.6. The molecule has 0 saturated carbocycles. The average Bonchev–Trinajstić information content (AvgIpc) is 2.68. The fraction of sp³-hybridized carbons (Fsp3) is 0.409. The van der Waals surface area contributed by atoms with Gasteiger partial charge in [-0.1, -0.05) is 38.3 Å². The molecule has 4 nitrogen and oxygen atoms in total. The number of ether oxygens (including phenoxy) is 3. The highest BCUT2D eigenvalue weighted by atomic mass is 31.1. The number of methoxy groups -OCH3 is 2. The van der Waals surface area contributed by atoms with Gasteiger partial charge >= 0.3 is 0 Å². The summed E-state index contributed by atoms with van der Waals surface area (Å²) < 4.78 is 16.5. The van der Waals surface area contributed by atoms with E-state index in [9.17, 15) is 4.79 Å². The summed E-state index contributed by atoms with van der Waals surface area (Å²) in [7, 11) is 3.12. The first-order valence-corrected chi connectivity index (χ1v) is 10.4. The van der Waals surface area contributed by atoms with E-state index in [4.69, 9.17) is 14.2 Å². The van der Waals surface area contributed by atoms with Gasteiger partial charge in [0.25, 0.3) is 0 Å². The van der Waals surface area contributed by atoms with Crippen LogP contribution in [0.3, 0.4) is 0 Å². The highest BCUT2D eigenvalue weighted by Gasteiger charge is 2.19. The lowest BCUT2D eigenvalue weighted by atomic mass is 10.2. The molecule has 2 rings (SSSR count). The second kappa shape index (κ2) is 10.9. The Morgan fingerprint density at radius 2 is 1.70 bits per heavy atom. The van der Waals surface area contributed by atoms with Crippen molar-refractivity contribution in [3.8, 4) is 17.2 Å². The third kappa shape index (κ3) is 5.97. The van der Waals surface area contributed by atoms with Crippen LogP contribution in [0.4, 0.5) is 0 Å². The molecule has 1 atom stereocenters. The van der Waals surface area contributed by atoms with Gasteiger partial charge < -0.3 is 14.2 Å². The van der Waals surface area contributed by atoms with Crippen LogP contribution < -0.4 is 19.5 Å². The van der Waals surface area contributed by atoms with Crippen molar-refractivity contribution in [2.45, 2.75) is 39.5 Å². The van der Waals surface area contributed by atoms with Crippen LogP contribution in [0.5, 0.6) is 17.2 Å². The van der Waals surface area contributed by atoms with E-state index >= 15 is 0 Å². The van der Waals surface area contributed by atoms with Gasteiger partial charge in [0.1, 0.15) is 22.8 Å². The molecule has 0 aliphatic rings. The van der Waals surface area contributed by atoms with Crippen LogP contribution in [0, 0.1) is 6.92 Å². The molecule has 146 valence electrons. The van der Waals surface area contributed by atoms with Gasteiger partial charge in [-0.15, -0.1) is 0 Å². The summed E-state index contributed by atoms with van der Waals surface area (Å²) in [5, 5.41) is 1.01. The van der Waals surface area contributed by atoms with Crippen molar-refractivity contribution in [2.75, 3.05) is 20.8 Å². The van der Waals surface area contributed by atoms with Crippen molar-refractivity contribution in [3.05, 3.63) is 47.5 Å². The monoisotopic (exact) mass is 388 g/mol. The summed E-state index contributed by atoms with van der Waals surface area (Å²) >= 11 is 0. The predicted molar refractivity (Wildman–Crippen MR) is 113 cm³/mol. The summed E-state index contributed by atoms with van der Waals surface area (Å²) in [5.41, 5.74) is 1.55. The van der Waals surface area contributed by atoms with Crippen LogP contribution in [0.2, 0.25) is 0 Å². The molecule has 0 aliphatic heterocycles. The van der Waals surface area contributed by atoms with Crippen molar-refractivity contribution in [1.82, 2.24) is 0 Å². The molecule has 0 amide bonds. The second-order valence-electron chi connectivity index (χ2n) is 6.38. The molecular formula is C22H29O4P. The summed E-state index contributed by atoms with van der Waals surface area (Å²) in [6.07, 6.45) is 4.74. The Hall–Kier alpha value is -2.06. The molecule has 0 radical (unpaired) electrons. The van der Waals surface area contributed by atoms with Gasteiger partial charge in [0.05, 0.1) is 20.8 Å². The van der Waals surface area contributed by atoms with Gasteiger partial charge in [-0.25, -0.2) is 0 Å². The molecule has 0 bridgehead atoms. The molecule has 0 spiro atoms. The standard InChI is InChI=1S/C22H29O4P/c1-5-6-7-8-14-26-17-12-13-20(16(2)15-17)27-22(23)21-18(24-3)10-9-11-19(21)25-4/h9-13,15,27H,5-8,14H2,1-4H3. The third-order valence-electron chi connectivity index (χ3n) is 4.37. The molecule has 0 saturated heterocycles. The van der Waals surface area contributed by atoms with Crippen LogP contribution in [0.1, 0.15) is 48.5 Å². The first-order chi connectivity index (χ1) is 13.1. The van der Waals surface area contributed by atoms with Crippen molar-refractivity contribution < 1.29 is 19.0 Å². The van der Waals surface area contributed by atoms with Crippen LogP contribution in [0.25, 0.3) is 0 Å². The lowest BCUT2D eigenvalue weighted by Gasteiger charge is -2.13. The fourth-order valence-corrected chi connectivity index (χ4v) is 3.90. The van der Waals surface area contributed by atoms with Gasteiger partial charge in [-0.05, 0) is 57.1 Å². The van der Waals surface area contributed by atoms with E-state index in [0.29, 0.717) is 17.1 Å². The number of carbonyl (C=O) groups excluding carboxylic acids is 1. The number of rotatable bonds is 11. The Kier molecular flexibility index (Phi) is 8.60. The topological polar surface area (TPSA) is 44.8 Å². The van der Waals surface area contributed by atoms with Crippen molar-refractivity contribution in [1.29, 1.82) is 0 Å². The average molecular weight is 388 g/mol. The van der Waals surface area contributed by atoms with Gasteiger partial charge in [-0.2, -0.15) is 0 Å². The predicted octanol–water partition coefficient (Wildman–Crippen LogP) is 5.12. The maximum atomic E-state index is 12.9. The number of hydrogen-bond acceptors (Lipinski definition) is 4. The Labute approximate surface area is 164 Å². The quantitative estimate of drug-likeness (QED) is 0.396. The Balaban J connectivity index is 2.06. The zero-order valence-electron chi connectivity index (χ0n) is 16.6. The number of unbranched alkanes of at least 4 members (excludes halogenated alkanes) is 3. The smallest absolute Gasteiger partial charge is 0.193 e. The Morgan fingerprint density at radius 1 is 1.00 bits per heavy atom. The molecule has 0 aromatic heterocycles. The molecule has 2 aromatic rings. The highest BCUT2D eigenvalue weighted by molar-refractivity contribution is 7.66. The van der Waals surface area contributed by atoms with Crippen LogP contribution in [0.15, 0.2) is 36.4 Å². The molecule has 0 heterocycles. The number of hydrogen-bond donors (Lipinski definition) is 0. The Morgan fingerprint density at radius 3 is 2.30 bits per heavy atom. The maximum absolute atomic E-state index is 12.9. The summed E-state index contributed by atoms with van der Waals surface area (Å²) in [6.45, 7) is 4.95. The molecule has 0 N–H and O–H groups in total. The SMILES string of the molecule is CCCCCCOc1ccc(PC(=O)c2c(OC)cccc2OC)c(C)c1. The minimum atomic E-state index is -0.00250. The maximum Gasteiger partial charge on any atom is 0.193 e. The lowest BCUT2D eigenvalue weighted by Crippen LogP contribution is -2.08. The van der Waals surface area contributed by atoms with Gasteiger partial charge in [0.15, 0.2) is 5.52 Å². The normalized spacial score (nSPS) is 11.0. The van der Waals surface area contributed by atoms with E-state index in [1.54, 1.807) is 26.4 Å². The van der Waals surface area contributed by atoms with E-state index in [2.05, 4.69) is 6.92 Å². The van der Waals surface area contributed by atoms with E-state index in [1.807, 2.05) is 31.2 Å². The van der Waals surface area contributed by atoms with E-state index in [-0.39, 0.29) is 14.1 Å². The second-order valence-corrected chi connectivity index (χ2v) is 7.62. The fourth-order valence-electron chi connectivity index (χ4n) is 2.84. The van der Waals surface area contributed by atoms with Crippen LogP contribution in [-0.2, 0) is 0 Å². The van der Waals surface area contributed by atoms with E-state index in [1.165, 1.54) is 19.3 Å². The van der Waals surface area contributed by atoms with Crippen molar-refractivity contribution in [2.24, 2.45) is 0 Å². The summed E-state index contributed by atoms with van der Waals surface area (Å²) in [4.78, 5) is 12.9. The summed E-state index contributed by atoms with van der Waals surface area (Å²) in [6, 6.07) is 11.3. The molecule has 27 heavy (non-hydrogen) atoms. The van der Waals surface area contributed by atoms with Gasteiger partial charge in [0.2, 0.25) is 0 Å². The van der Waals surface area contributed by atoms with Crippen molar-refractivity contribution >= 4 is 19.4 Å². The van der Waals surface area contributed by atoms with Crippen LogP contribution in [-0.4, -0.2) is 26.4 Å².